The summed E-state index contributed by atoms with van der Waals surface area (Å²) >= 11 is 6.06. The number of rotatable bonds is 6. The lowest BCUT2D eigenvalue weighted by atomic mass is 10.1. The Hall–Kier alpha value is -1.51. The minimum atomic E-state index is 0. The van der Waals surface area contributed by atoms with Crippen LogP contribution in [0.4, 0.5) is 5.69 Å². The summed E-state index contributed by atoms with van der Waals surface area (Å²) in [4.78, 5) is 7.07. The molecule has 3 rings (SSSR count). The lowest BCUT2D eigenvalue weighted by Crippen LogP contribution is -2.39. The number of benzene rings is 2. The third-order valence-corrected chi connectivity index (χ3v) is 4.68. The van der Waals surface area contributed by atoms with E-state index in [1.54, 1.807) is 0 Å². The van der Waals surface area contributed by atoms with Crippen LogP contribution in [-0.4, -0.2) is 38.8 Å². The van der Waals surface area contributed by atoms with Crippen LogP contribution in [0.5, 0.6) is 0 Å². The maximum atomic E-state index is 6.06. The number of halogens is 2. The number of nitrogens with one attached hydrogen (secondary N) is 2. The van der Waals surface area contributed by atoms with E-state index in [1.807, 2.05) is 24.3 Å². The molecule has 0 radical (unpaired) electrons. The van der Waals surface area contributed by atoms with E-state index in [2.05, 4.69) is 51.7 Å². The number of aliphatic imine (C=N–C) groups is 1. The van der Waals surface area contributed by atoms with Crippen molar-refractivity contribution in [3.05, 3.63) is 64.7 Å². The van der Waals surface area contributed by atoms with Gasteiger partial charge in [0.2, 0.25) is 0 Å². The Kier molecular flexibility index (Phi) is 9.87. The zero-order valence-corrected chi connectivity index (χ0v) is 19.2. The van der Waals surface area contributed by atoms with Crippen molar-refractivity contribution < 1.29 is 4.74 Å². The van der Waals surface area contributed by atoms with E-state index in [0.717, 1.165) is 55.9 Å². The van der Waals surface area contributed by atoms with Gasteiger partial charge < -0.3 is 20.3 Å². The van der Waals surface area contributed by atoms with E-state index in [-0.39, 0.29) is 24.0 Å². The van der Waals surface area contributed by atoms with E-state index in [9.17, 15) is 0 Å². The van der Waals surface area contributed by atoms with E-state index >= 15 is 0 Å². The summed E-state index contributed by atoms with van der Waals surface area (Å²) in [6, 6.07) is 16.3. The molecule has 0 bridgehead atoms. The van der Waals surface area contributed by atoms with Crippen molar-refractivity contribution in [1.29, 1.82) is 0 Å². The molecule has 5 nitrogen and oxygen atoms in total. The number of guanidine groups is 1. The number of anilines is 1. The Morgan fingerprint density at radius 2 is 1.89 bits per heavy atom. The number of morpholine rings is 1. The molecule has 1 heterocycles. The second-order valence-corrected chi connectivity index (χ2v) is 6.84. The molecule has 1 aliphatic heterocycles. The Bertz CT molecular complexity index is 766. The predicted octanol–water partition coefficient (Wildman–Crippen LogP) is 4.05. The van der Waals surface area contributed by atoms with Gasteiger partial charge in [-0.15, -0.1) is 24.0 Å². The Labute approximate surface area is 189 Å². The molecule has 0 saturated carbocycles. The minimum Gasteiger partial charge on any atom is -0.378 e. The molecule has 2 aromatic rings. The molecule has 1 aliphatic rings. The van der Waals surface area contributed by atoms with Crippen LogP contribution >= 0.6 is 35.6 Å². The molecule has 0 amide bonds. The van der Waals surface area contributed by atoms with Gasteiger partial charge in [-0.1, -0.05) is 41.9 Å². The summed E-state index contributed by atoms with van der Waals surface area (Å²) in [5.74, 6) is 0.800. The third kappa shape index (κ3) is 6.83. The molecular formula is C21H28ClIN4O. The summed E-state index contributed by atoms with van der Waals surface area (Å²) < 4.78 is 5.48. The zero-order chi connectivity index (χ0) is 18.9. The van der Waals surface area contributed by atoms with Crippen molar-refractivity contribution in [2.24, 2.45) is 4.99 Å². The fraction of sp³-hybridized carbons (Fsp3) is 0.381. The molecule has 2 aromatic carbocycles. The first-order valence-electron chi connectivity index (χ1n) is 9.43. The van der Waals surface area contributed by atoms with Gasteiger partial charge in [-0.25, -0.2) is 4.99 Å². The van der Waals surface area contributed by atoms with E-state index in [1.165, 1.54) is 11.3 Å². The van der Waals surface area contributed by atoms with Crippen LogP contribution < -0.4 is 15.5 Å². The summed E-state index contributed by atoms with van der Waals surface area (Å²) in [6.07, 6.45) is 0. The Morgan fingerprint density at radius 3 is 2.64 bits per heavy atom. The largest absolute Gasteiger partial charge is 0.378 e. The van der Waals surface area contributed by atoms with Crippen LogP contribution in [0.25, 0.3) is 0 Å². The first-order chi connectivity index (χ1) is 13.3. The third-order valence-electron chi connectivity index (χ3n) is 4.44. The minimum absolute atomic E-state index is 0. The normalized spacial score (nSPS) is 14.4. The van der Waals surface area contributed by atoms with Gasteiger partial charge in [-0.3, -0.25) is 0 Å². The molecular weight excluding hydrogens is 487 g/mol. The van der Waals surface area contributed by atoms with Gasteiger partial charge in [0.05, 0.1) is 19.8 Å². The van der Waals surface area contributed by atoms with Crippen molar-refractivity contribution in [2.45, 2.75) is 20.0 Å². The van der Waals surface area contributed by atoms with E-state index in [4.69, 9.17) is 16.3 Å². The molecule has 0 aromatic heterocycles. The maximum absolute atomic E-state index is 6.06. The second kappa shape index (κ2) is 12.1. The predicted molar refractivity (Wildman–Crippen MR) is 128 cm³/mol. The van der Waals surface area contributed by atoms with Crippen molar-refractivity contribution in [2.75, 3.05) is 37.7 Å². The summed E-state index contributed by atoms with van der Waals surface area (Å²) in [6.45, 7) is 7.61. The van der Waals surface area contributed by atoms with Crippen molar-refractivity contribution in [1.82, 2.24) is 10.6 Å². The summed E-state index contributed by atoms with van der Waals surface area (Å²) in [5, 5.41) is 7.49. The first-order valence-corrected chi connectivity index (χ1v) is 9.81. The molecule has 0 unspecified atom stereocenters. The van der Waals surface area contributed by atoms with Crippen molar-refractivity contribution in [3.63, 3.8) is 0 Å². The molecule has 28 heavy (non-hydrogen) atoms. The Balaban J connectivity index is 0.00000280. The highest BCUT2D eigenvalue weighted by Gasteiger charge is 2.14. The summed E-state index contributed by atoms with van der Waals surface area (Å²) in [5.41, 5.74) is 3.61. The van der Waals surface area contributed by atoms with Gasteiger partial charge in [0.15, 0.2) is 5.96 Å². The SMILES string of the molecule is CCNC(=NCc1cccc(Cl)c1)NCc1ccccc1N1CCOCC1.I. The summed E-state index contributed by atoms with van der Waals surface area (Å²) in [7, 11) is 0. The second-order valence-electron chi connectivity index (χ2n) is 6.41. The van der Waals surface area contributed by atoms with E-state index in [0.29, 0.717) is 6.54 Å². The fourth-order valence-electron chi connectivity index (χ4n) is 3.10. The highest BCUT2D eigenvalue weighted by atomic mass is 127. The standard InChI is InChI=1S/C21H27ClN4O.HI/c1-2-23-21(24-15-17-6-5-8-19(22)14-17)25-16-18-7-3-4-9-20(18)26-10-12-27-13-11-26;/h3-9,14H,2,10-13,15-16H2,1H3,(H2,23,24,25);1H. The average Bonchev–Trinajstić information content (AvgIpc) is 2.71. The number of hydrogen-bond acceptors (Lipinski definition) is 3. The lowest BCUT2D eigenvalue weighted by Gasteiger charge is -2.30. The van der Waals surface area contributed by atoms with Crippen LogP contribution in [0.15, 0.2) is 53.5 Å². The van der Waals surface area contributed by atoms with Gasteiger partial charge in [0.1, 0.15) is 0 Å². The van der Waals surface area contributed by atoms with Crippen LogP contribution in [0.3, 0.4) is 0 Å². The molecule has 0 spiro atoms. The number of ether oxygens (including phenoxy) is 1. The average molecular weight is 515 g/mol. The molecule has 0 atom stereocenters. The lowest BCUT2D eigenvalue weighted by molar-refractivity contribution is 0.122. The van der Waals surface area contributed by atoms with E-state index < -0.39 is 0 Å². The fourth-order valence-corrected chi connectivity index (χ4v) is 3.31. The van der Waals surface area contributed by atoms with Gasteiger partial charge in [0, 0.05) is 36.9 Å². The number of para-hydroxylation sites is 1. The Morgan fingerprint density at radius 1 is 1.11 bits per heavy atom. The van der Waals surface area contributed by atoms with Crippen LogP contribution in [0, 0.1) is 0 Å². The first kappa shape index (κ1) is 22.8. The highest BCUT2D eigenvalue weighted by Crippen LogP contribution is 2.21. The highest BCUT2D eigenvalue weighted by molar-refractivity contribution is 14.0. The number of hydrogen-bond donors (Lipinski definition) is 2. The molecule has 7 heteroatoms. The molecule has 1 fully saturated rings. The molecule has 1 saturated heterocycles. The maximum Gasteiger partial charge on any atom is 0.191 e. The van der Waals surface area contributed by atoms with Crippen molar-refractivity contribution in [3.8, 4) is 0 Å². The van der Waals surface area contributed by atoms with Crippen LogP contribution in [0.2, 0.25) is 5.02 Å². The van der Waals surface area contributed by atoms with Gasteiger partial charge in [0.25, 0.3) is 0 Å². The quantitative estimate of drug-likeness (QED) is 0.347. The smallest absolute Gasteiger partial charge is 0.191 e. The van der Waals surface area contributed by atoms with Gasteiger partial charge in [-0.2, -0.15) is 0 Å². The van der Waals surface area contributed by atoms with Crippen LogP contribution in [0.1, 0.15) is 18.1 Å². The molecule has 2 N–H and O–H groups in total. The van der Waals surface area contributed by atoms with Gasteiger partial charge >= 0.3 is 0 Å². The van der Waals surface area contributed by atoms with Crippen molar-refractivity contribution >= 4 is 47.2 Å². The monoisotopic (exact) mass is 514 g/mol. The van der Waals surface area contributed by atoms with Crippen LogP contribution in [-0.2, 0) is 17.8 Å². The van der Waals surface area contributed by atoms with Gasteiger partial charge in [-0.05, 0) is 36.2 Å². The topological polar surface area (TPSA) is 48.9 Å². The zero-order valence-electron chi connectivity index (χ0n) is 16.2. The number of nitrogens with zero attached hydrogens (tertiary/aromatic N) is 2. The molecule has 0 aliphatic carbocycles. The molecule has 152 valence electrons.